The van der Waals surface area contributed by atoms with Crippen molar-refractivity contribution in [1.82, 2.24) is 14.5 Å². The number of aromatic nitrogens is 3. The minimum absolute atomic E-state index is 0.101. The molecule has 118 valence electrons. The zero-order valence-corrected chi connectivity index (χ0v) is 12.3. The summed E-state index contributed by atoms with van der Waals surface area (Å²) in [6.07, 6.45) is 1.08. The Bertz CT molecular complexity index is 925. The van der Waals surface area contributed by atoms with Crippen molar-refractivity contribution in [3.63, 3.8) is 0 Å². The maximum Gasteiger partial charge on any atom is 0.269 e. The van der Waals surface area contributed by atoms with E-state index in [0.29, 0.717) is 18.2 Å². The van der Waals surface area contributed by atoms with Gasteiger partial charge >= 0.3 is 0 Å². The molecule has 3 rings (SSSR count). The highest BCUT2D eigenvalue weighted by Crippen LogP contribution is 2.16. The molecule has 23 heavy (non-hydrogen) atoms. The number of hydrogen-bond acceptors (Lipinski definition) is 4. The van der Waals surface area contributed by atoms with Crippen LogP contribution in [0.2, 0.25) is 0 Å². The summed E-state index contributed by atoms with van der Waals surface area (Å²) in [4.78, 5) is 20.2. The fraction of sp³-hybridized carbons (Fsp3) is 0.188. The van der Waals surface area contributed by atoms with Gasteiger partial charge in [0.25, 0.3) is 5.56 Å². The van der Waals surface area contributed by atoms with Crippen LogP contribution in [0.5, 0.6) is 5.88 Å². The van der Waals surface area contributed by atoms with Gasteiger partial charge in [-0.15, -0.1) is 0 Å². The number of benzene rings is 1. The van der Waals surface area contributed by atoms with Gasteiger partial charge in [0.05, 0.1) is 36.1 Å². The van der Waals surface area contributed by atoms with E-state index in [1.165, 1.54) is 4.57 Å². The zero-order valence-electron chi connectivity index (χ0n) is 12.3. The third-order valence-electron chi connectivity index (χ3n) is 3.28. The van der Waals surface area contributed by atoms with Gasteiger partial charge in [0.2, 0.25) is 5.88 Å². The summed E-state index contributed by atoms with van der Waals surface area (Å²) in [5.74, 6) is -1.60. The Hall–Kier alpha value is -2.83. The number of rotatable bonds is 4. The largest absolute Gasteiger partial charge is 0.478 e. The van der Waals surface area contributed by atoms with Gasteiger partial charge in [-0.1, -0.05) is 6.07 Å². The minimum Gasteiger partial charge on any atom is -0.478 e. The first kappa shape index (κ1) is 15.1. The van der Waals surface area contributed by atoms with E-state index < -0.39 is 17.2 Å². The van der Waals surface area contributed by atoms with Gasteiger partial charge in [-0.3, -0.25) is 9.36 Å². The van der Waals surface area contributed by atoms with Crippen LogP contribution >= 0.6 is 0 Å². The van der Waals surface area contributed by atoms with E-state index in [2.05, 4.69) is 9.97 Å². The Labute approximate surface area is 130 Å². The van der Waals surface area contributed by atoms with Crippen molar-refractivity contribution >= 4 is 11.0 Å². The summed E-state index contributed by atoms with van der Waals surface area (Å²) in [7, 11) is 0. The lowest BCUT2D eigenvalue weighted by atomic mass is 10.2. The van der Waals surface area contributed by atoms with Gasteiger partial charge in [-0.25, -0.2) is 18.7 Å². The van der Waals surface area contributed by atoms with Crippen molar-refractivity contribution in [3.8, 4) is 5.88 Å². The number of pyridine rings is 1. The number of hydrogen-bond donors (Lipinski definition) is 0. The Balaban J connectivity index is 2.09. The Morgan fingerprint density at radius 3 is 2.78 bits per heavy atom. The second-order valence-electron chi connectivity index (χ2n) is 4.84. The number of nitrogens with zero attached hydrogens (tertiary/aromatic N) is 3. The molecule has 7 heteroatoms. The molecule has 2 aromatic heterocycles. The monoisotopic (exact) mass is 317 g/mol. The van der Waals surface area contributed by atoms with E-state index in [1.807, 2.05) is 6.92 Å². The van der Waals surface area contributed by atoms with Crippen LogP contribution in [-0.4, -0.2) is 21.1 Å². The molecule has 5 nitrogen and oxygen atoms in total. The molecular weight excluding hydrogens is 304 g/mol. The topological polar surface area (TPSA) is 57.0 Å². The van der Waals surface area contributed by atoms with Gasteiger partial charge in [-0.05, 0) is 13.0 Å². The van der Waals surface area contributed by atoms with Gasteiger partial charge in [0, 0.05) is 18.2 Å². The summed E-state index contributed by atoms with van der Waals surface area (Å²) in [5.41, 5.74) is 0.548. The Kier molecular flexibility index (Phi) is 4.01. The molecule has 0 fully saturated rings. The SMILES string of the molecule is CCOc1cccc(Cn2c(=O)cnc3cc(F)c(F)cc32)n1. The number of halogens is 2. The maximum absolute atomic E-state index is 13.5. The highest BCUT2D eigenvalue weighted by atomic mass is 19.2. The molecule has 0 N–H and O–H groups in total. The zero-order chi connectivity index (χ0) is 16.4. The predicted octanol–water partition coefficient (Wildman–Crippen LogP) is 2.52. The van der Waals surface area contributed by atoms with E-state index in [1.54, 1.807) is 18.2 Å². The van der Waals surface area contributed by atoms with Crippen molar-refractivity contribution in [2.75, 3.05) is 6.61 Å². The third-order valence-corrected chi connectivity index (χ3v) is 3.28. The molecule has 0 aliphatic carbocycles. The van der Waals surface area contributed by atoms with Crippen LogP contribution in [-0.2, 0) is 6.54 Å². The van der Waals surface area contributed by atoms with Crippen molar-refractivity contribution in [2.24, 2.45) is 0 Å². The molecule has 1 aromatic carbocycles. The van der Waals surface area contributed by atoms with Crippen molar-refractivity contribution in [3.05, 3.63) is 64.2 Å². The number of ether oxygens (including phenoxy) is 1. The molecular formula is C16H13F2N3O2. The van der Waals surface area contributed by atoms with E-state index in [4.69, 9.17) is 4.74 Å². The second-order valence-corrected chi connectivity index (χ2v) is 4.84. The van der Waals surface area contributed by atoms with Crippen LogP contribution in [0.15, 0.2) is 41.3 Å². The molecule has 2 heterocycles. The van der Waals surface area contributed by atoms with Crippen molar-refractivity contribution < 1.29 is 13.5 Å². The minimum atomic E-state index is -1.03. The van der Waals surface area contributed by atoms with Crippen LogP contribution < -0.4 is 10.3 Å². The van der Waals surface area contributed by atoms with Gasteiger partial charge in [0.1, 0.15) is 0 Å². The van der Waals surface area contributed by atoms with Crippen LogP contribution in [0, 0.1) is 11.6 Å². The summed E-state index contributed by atoms with van der Waals surface area (Å²) in [5, 5.41) is 0. The van der Waals surface area contributed by atoms with Crippen molar-refractivity contribution in [2.45, 2.75) is 13.5 Å². The predicted molar refractivity (Wildman–Crippen MR) is 80.4 cm³/mol. The van der Waals surface area contributed by atoms with Crippen LogP contribution in [0.3, 0.4) is 0 Å². The summed E-state index contributed by atoms with van der Waals surface area (Å²) >= 11 is 0. The molecule has 0 unspecified atom stereocenters. The number of fused-ring (bicyclic) bond motifs is 1. The van der Waals surface area contributed by atoms with E-state index >= 15 is 0 Å². The molecule has 0 saturated carbocycles. The smallest absolute Gasteiger partial charge is 0.269 e. The van der Waals surface area contributed by atoms with Gasteiger partial charge in [0.15, 0.2) is 11.6 Å². The molecule has 0 bridgehead atoms. The molecule has 0 radical (unpaired) electrons. The highest BCUT2D eigenvalue weighted by molar-refractivity contribution is 5.74. The van der Waals surface area contributed by atoms with Crippen molar-refractivity contribution in [1.29, 1.82) is 0 Å². The average Bonchev–Trinajstić information content (AvgIpc) is 2.53. The molecule has 0 amide bonds. The molecule has 0 aliphatic rings. The summed E-state index contributed by atoms with van der Waals surface area (Å²) < 4.78 is 33.4. The maximum atomic E-state index is 13.5. The first-order valence-corrected chi connectivity index (χ1v) is 7.02. The first-order valence-electron chi connectivity index (χ1n) is 7.02. The second kappa shape index (κ2) is 6.12. The first-order chi connectivity index (χ1) is 11.1. The van der Waals surface area contributed by atoms with E-state index in [-0.39, 0.29) is 17.6 Å². The summed E-state index contributed by atoms with van der Waals surface area (Å²) in [6, 6.07) is 7.11. The Morgan fingerprint density at radius 1 is 1.22 bits per heavy atom. The fourth-order valence-corrected chi connectivity index (χ4v) is 2.26. The van der Waals surface area contributed by atoms with Crippen LogP contribution in [0.4, 0.5) is 8.78 Å². The quantitative estimate of drug-likeness (QED) is 0.742. The molecule has 0 saturated heterocycles. The molecule has 0 spiro atoms. The summed E-state index contributed by atoms with van der Waals surface area (Å²) in [6.45, 7) is 2.41. The highest BCUT2D eigenvalue weighted by Gasteiger charge is 2.11. The lowest BCUT2D eigenvalue weighted by Gasteiger charge is -2.10. The Morgan fingerprint density at radius 2 is 2.00 bits per heavy atom. The normalized spacial score (nSPS) is 10.9. The lowest BCUT2D eigenvalue weighted by Crippen LogP contribution is -2.22. The van der Waals surface area contributed by atoms with Gasteiger partial charge < -0.3 is 4.74 Å². The molecule has 0 aliphatic heterocycles. The average molecular weight is 317 g/mol. The molecule has 0 atom stereocenters. The van der Waals surface area contributed by atoms with Gasteiger partial charge in [-0.2, -0.15) is 0 Å². The fourth-order valence-electron chi connectivity index (χ4n) is 2.26. The van der Waals surface area contributed by atoms with E-state index in [9.17, 15) is 13.6 Å². The molecule has 3 aromatic rings. The lowest BCUT2D eigenvalue weighted by molar-refractivity contribution is 0.325. The standard InChI is InChI=1S/C16H13F2N3O2/c1-2-23-15-5-3-4-10(20-15)9-21-14-7-12(18)11(17)6-13(14)19-8-16(21)22/h3-8H,2,9H2,1H3. The van der Waals surface area contributed by atoms with Crippen LogP contribution in [0.25, 0.3) is 11.0 Å². The third kappa shape index (κ3) is 3.03. The van der Waals surface area contributed by atoms with E-state index in [0.717, 1.165) is 18.3 Å². The van der Waals surface area contributed by atoms with Crippen LogP contribution in [0.1, 0.15) is 12.6 Å².